The van der Waals surface area contributed by atoms with Crippen molar-refractivity contribution in [2.24, 2.45) is 0 Å². The summed E-state index contributed by atoms with van der Waals surface area (Å²) in [6.07, 6.45) is 2.84. The molecule has 0 fully saturated rings. The fraction of sp³-hybridized carbons (Fsp3) is 0.243. The average Bonchev–Trinajstić information content (AvgIpc) is 3.46. The van der Waals surface area contributed by atoms with Gasteiger partial charge in [0.05, 0.1) is 12.1 Å². The molecule has 0 saturated heterocycles. The van der Waals surface area contributed by atoms with Crippen LogP contribution in [0.2, 0.25) is 6.82 Å². The van der Waals surface area contributed by atoms with Crippen LogP contribution in [0.15, 0.2) is 102 Å². The summed E-state index contributed by atoms with van der Waals surface area (Å²) in [5, 5.41) is 0.695. The second-order valence-corrected chi connectivity index (χ2v) is 11.3. The first-order valence-electron chi connectivity index (χ1n) is 15.1. The highest BCUT2D eigenvalue weighted by atomic mass is 16.5. The van der Waals surface area contributed by atoms with E-state index >= 15 is 0 Å². The molecule has 1 aliphatic rings. The lowest BCUT2D eigenvalue weighted by Crippen LogP contribution is -2.39. The molecule has 1 aromatic heterocycles. The number of aromatic amines is 1. The molecular formula is C37H36BN2O3. The van der Waals surface area contributed by atoms with Crippen LogP contribution in [0, 0.1) is 0 Å². The van der Waals surface area contributed by atoms with Crippen LogP contribution in [0.25, 0.3) is 10.9 Å². The van der Waals surface area contributed by atoms with Gasteiger partial charge in [0.15, 0.2) is 5.78 Å². The summed E-state index contributed by atoms with van der Waals surface area (Å²) in [5.74, 6) is 0.575. The van der Waals surface area contributed by atoms with Crippen LogP contribution in [0.5, 0.6) is 5.75 Å². The van der Waals surface area contributed by atoms with Crippen molar-refractivity contribution in [3.05, 3.63) is 141 Å². The van der Waals surface area contributed by atoms with Gasteiger partial charge < -0.3 is 9.72 Å². The fourth-order valence-electron chi connectivity index (χ4n) is 6.28. The quantitative estimate of drug-likeness (QED) is 0.160. The van der Waals surface area contributed by atoms with E-state index in [-0.39, 0.29) is 23.9 Å². The molecule has 5 aromatic rings. The smallest absolute Gasteiger partial charge is 0.248 e. The molecule has 0 aliphatic heterocycles. The molecule has 0 amide bonds. The number of H-pyrrole nitrogens is 1. The minimum Gasteiger partial charge on any atom is -0.487 e. The van der Waals surface area contributed by atoms with E-state index in [2.05, 4.69) is 55.2 Å². The lowest BCUT2D eigenvalue weighted by molar-refractivity contribution is 0.0886. The Kier molecular flexibility index (Phi) is 8.57. The molecule has 43 heavy (non-hydrogen) atoms. The summed E-state index contributed by atoms with van der Waals surface area (Å²) in [4.78, 5) is 31.7. The number of hydrogen-bond acceptors (Lipinski definition) is 4. The first-order valence-corrected chi connectivity index (χ1v) is 15.1. The summed E-state index contributed by atoms with van der Waals surface area (Å²) >= 11 is 0. The molecule has 215 valence electrons. The second-order valence-electron chi connectivity index (χ2n) is 11.3. The number of carbonyl (C=O) groups excluding carboxylic acids is 1. The van der Waals surface area contributed by atoms with Gasteiger partial charge in [0.1, 0.15) is 19.6 Å². The molecule has 5 nitrogen and oxygen atoms in total. The average molecular weight is 568 g/mol. The molecular weight excluding hydrogens is 531 g/mol. The number of ketones is 1. The van der Waals surface area contributed by atoms with Crippen LogP contribution in [0.3, 0.4) is 0 Å². The van der Waals surface area contributed by atoms with E-state index in [1.807, 2.05) is 54.6 Å². The van der Waals surface area contributed by atoms with Gasteiger partial charge in [-0.2, -0.15) is 0 Å². The number of fused-ring (bicyclic) bond motifs is 2. The van der Waals surface area contributed by atoms with Gasteiger partial charge in [-0.15, -0.1) is 0 Å². The van der Waals surface area contributed by atoms with Crippen molar-refractivity contribution in [3.8, 4) is 5.75 Å². The zero-order chi connectivity index (χ0) is 29.8. The van der Waals surface area contributed by atoms with Gasteiger partial charge in [-0.3, -0.25) is 14.5 Å². The molecule has 0 saturated carbocycles. The van der Waals surface area contributed by atoms with Crippen LogP contribution in [-0.2, 0) is 32.4 Å². The molecule has 1 N–H and O–H groups in total. The number of rotatable bonds is 11. The first kappa shape index (κ1) is 28.7. The zero-order valence-corrected chi connectivity index (χ0v) is 24.8. The number of nitrogens with zero attached hydrogens (tertiary/aromatic N) is 1. The third kappa shape index (κ3) is 6.35. The Bertz CT molecular complexity index is 1770. The zero-order valence-electron chi connectivity index (χ0n) is 24.8. The van der Waals surface area contributed by atoms with Gasteiger partial charge in [0.2, 0.25) is 5.56 Å². The fourth-order valence-corrected chi connectivity index (χ4v) is 6.28. The number of aryl methyl sites for hydroxylation is 1. The number of ether oxygens (including phenoxy) is 1. The topological polar surface area (TPSA) is 62.4 Å². The maximum atomic E-state index is 14.1. The summed E-state index contributed by atoms with van der Waals surface area (Å²) in [6.45, 7) is 5.63. The molecule has 6 rings (SSSR count). The molecule has 1 unspecified atom stereocenters. The van der Waals surface area contributed by atoms with Crippen LogP contribution >= 0.6 is 0 Å². The van der Waals surface area contributed by atoms with Crippen molar-refractivity contribution in [2.45, 2.75) is 52.2 Å². The van der Waals surface area contributed by atoms with Crippen molar-refractivity contribution in [2.75, 3.05) is 6.54 Å². The molecule has 0 bridgehead atoms. The van der Waals surface area contributed by atoms with Crippen molar-refractivity contribution in [1.29, 1.82) is 0 Å². The van der Waals surface area contributed by atoms with Crippen LogP contribution in [-0.4, -0.2) is 35.5 Å². The molecule has 4 aromatic carbocycles. The Labute approximate surface area is 253 Å². The summed E-state index contributed by atoms with van der Waals surface area (Å²) < 4.78 is 6.12. The van der Waals surface area contributed by atoms with E-state index in [0.29, 0.717) is 35.4 Å². The van der Waals surface area contributed by atoms with Gasteiger partial charge in [-0.25, -0.2) is 0 Å². The number of aromatic nitrogens is 1. The Morgan fingerprint density at radius 2 is 1.60 bits per heavy atom. The number of hydrogen-bond donors (Lipinski definition) is 1. The lowest BCUT2D eigenvalue weighted by Gasteiger charge is -2.28. The molecule has 1 aliphatic carbocycles. The maximum absolute atomic E-state index is 14.1. The van der Waals surface area contributed by atoms with Crippen molar-refractivity contribution >= 4 is 29.4 Å². The largest absolute Gasteiger partial charge is 0.487 e. The SMILES string of the molecule is C[B]c1cc2c(cc1CC)CC(N(CC(=O)c1ccc(OCc3ccccc3)c3[nH]c(=O)ccc13)Cc1ccccc1)C2. The summed E-state index contributed by atoms with van der Waals surface area (Å²) in [5.41, 5.74) is 8.57. The molecule has 1 atom stereocenters. The van der Waals surface area contributed by atoms with Crippen LogP contribution in [0.4, 0.5) is 0 Å². The lowest BCUT2D eigenvalue weighted by atomic mass is 9.69. The Hall–Kier alpha value is -4.42. The van der Waals surface area contributed by atoms with Crippen molar-refractivity contribution < 1.29 is 9.53 Å². The normalized spacial score (nSPS) is 14.2. The number of pyridine rings is 1. The molecule has 1 radical (unpaired) electrons. The van der Waals surface area contributed by atoms with Crippen LogP contribution < -0.4 is 15.8 Å². The third-order valence-corrected chi connectivity index (χ3v) is 8.55. The minimum absolute atomic E-state index is 0.0235. The highest BCUT2D eigenvalue weighted by Gasteiger charge is 2.30. The molecule has 1 heterocycles. The standard InChI is InChI=1S/C37H36BN2O3/c1-3-27-18-28-19-30(20-29(28)21-33(27)38-2)40(22-25-10-6-4-7-11-25)23-34(41)31-14-16-35(37-32(31)15-17-36(42)39-37)43-24-26-12-8-5-9-13-26/h4-18,21,30H,3,19-20,22-24H2,1-2H3,(H,39,42). The summed E-state index contributed by atoms with van der Waals surface area (Å²) in [6, 6.07) is 32.0. The van der Waals surface area contributed by atoms with E-state index in [1.54, 1.807) is 12.1 Å². The van der Waals surface area contributed by atoms with E-state index in [1.165, 1.54) is 33.8 Å². The molecule has 0 spiro atoms. The number of Topliss-reactive ketones (excluding diaryl/α,β-unsaturated/α-hetero) is 1. The van der Waals surface area contributed by atoms with Crippen LogP contribution in [0.1, 0.15) is 45.1 Å². The van der Waals surface area contributed by atoms with Gasteiger partial charge in [-0.05, 0) is 59.7 Å². The summed E-state index contributed by atoms with van der Waals surface area (Å²) in [7, 11) is 2.19. The Morgan fingerprint density at radius 1 is 0.907 bits per heavy atom. The number of benzene rings is 4. The van der Waals surface area contributed by atoms with E-state index in [9.17, 15) is 9.59 Å². The monoisotopic (exact) mass is 567 g/mol. The third-order valence-electron chi connectivity index (χ3n) is 8.55. The minimum atomic E-state index is -0.230. The van der Waals surface area contributed by atoms with E-state index in [0.717, 1.165) is 24.8 Å². The van der Waals surface area contributed by atoms with Gasteiger partial charge in [0.25, 0.3) is 0 Å². The number of carbonyl (C=O) groups is 1. The highest BCUT2D eigenvalue weighted by molar-refractivity contribution is 6.52. The van der Waals surface area contributed by atoms with Gasteiger partial charge in [-0.1, -0.05) is 97.6 Å². The Balaban J connectivity index is 1.29. The van der Waals surface area contributed by atoms with Crippen molar-refractivity contribution in [1.82, 2.24) is 9.88 Å². The number of nitrogens with one attached hydrogen (secondary N) is 1. The van der Waals surface area contributed by atoms with Gasteiger partial charge >= 0.3 is 0 Å². The second kappa shape index (κ2) is 12.8. The van der Waals surface area contributed by atoms with E-state index in [4.69, 9.17) is 4.74 Å². The van der Waals surface area contributed by atoms with E-state index < -0.39 is 0 Å². The maximum Gasteiger partial charge on any atom is 0.248 e. The predicted octanol–water partition coefficient (Wildman–Crippen LogP) is 5.90. The Morgan fingerprint density at radius 3 is 2.30 bits per heavy atom. The highest BCUT2D eigenvalue weighted by Crippen LogP contribution is 2.30. The first-order chi connectivity index (χ1) is 21.0. The van der Waals surface area contributed by atoms with Gasteiger partial charge in [0, 0.05) is 29.6 Å². The molecule has 6 heteroatoms. The van der Waals surface area contributed by atoms with Crippen molar-refractivity contribution in [3.63, 3.8) is 0 Å². The predicted molar refractivity (Wildman–Crippen MR) is 175 cm³/mol.